The van der Waals surface area contributed by atoms with Crippen LogP contribution in [0.4, 0.5) is 11.4 Å². The lowest BCUT2D eigenvalue weighted by molar-refractivity contribution is 0.161. The molecule has 3 nitrogen and oxygen atoms in total. The first kappa shape index (κ1) is 11.3. The van der Waals surface area contributed by atoms with E-state index in [9.17, 15) is 0 Å². The van der Waals surface area contributed by atoms with Gasteiger partial charge in [0, 0.05) is 37.5 Å². The number of ether oxygens (including phenoxy) is 1. The molecule has 0 aliphatic carbocycles. The second-order valence-electron chi connectivity index (χ2n) is 4.60. The lowest BCUT2D eigenvalue weighted by Gasteiger charge is -2.21. The molecule has 0 bridgehead atoms. The molecule has 3 heteroatoms. The van der Waals surface area contributed by atoms with Crippen molar-refractivity contribution in [3.05, 3.63) is 23.8 Å². The SMILES string of the molecule is COCC1CCN(c2ccc(N)cc2C)C1. The second kappa shape index (κ2) is 4.74. The molecule has 0 spiro atoms. The Bertz CT molecular complexity index is 365. The standard InChI is InChI=1S/C13H20N2O/c1-10-7-12(14)3-4-13(10)15-6-5-11(8-15)9-16-2/h3-4,7,11H,5-6,8-9,14H2,1-2H3. The Labute approximate surface area is 97.2 Å². The smallest absolute Gasteiger partial charge is 0.0508 e. The minimum absolute atomic E-state index is 0.668. The second-order valence-corrected chi connectivity index (χ2v) is 4.60. The van der Waals surface area contributed by atoms with Gasteiger partial charge in [0.25, 0.3) is 0 Å². The van der Waals surface area contributed by atoms with Crippen molar-refractivity contribution in [3.63, 3.8) is 0 Å². The van der Waals surface area contributed by atoms with Crippen LogP contribution in [0.25, 0.3) is 0 Å². The normalized spacial score (nSPS) is 20.4. The van der Waals surface area contributed by atoms with Gasteiger partial charge in [-0.25, -0.2) is 0 Å². The van der Waals surface area contributed by atoms with Crippen LogP contribution in [0, 0.1) is 12.8 Å². The summed E-state index contributed by atoms with van der Waals surface area (Å²) in [5, 5.41) is 0. The van der Waals surface area contributed by atoms with E-state index < -0.39 is 0 Å². The Morgan fingerprint density at radius 2 is 2.31 bits per heavy atom. The van der Waals surface area contributed by atoms with E-state index in [4.69, 9.17) is 10.5 Å². The van der Waals surface area contributed by atoms with Crippen molar-refractivity contribution in [2.45, 2.75) is 13.3 Å². The summed E-state index contributed by atoms with van der Waals surface area (Å²) in [4.78, 5) is 2.43. The van der Waals surface area contributed by atoms with Gasteiger partial charge in [-0.15, -0.1) is 0 Å². The Hall–Kier alpha value is -1.22. The Balaban J connectivity index is 2.08. The number of nitrogens with zero attached hydrogens (tertiary/aromatic N) is 1. The fourth-order valence-electron chi connectivity index (χ4n) is 2.46. The molecule has 1 aliphatic heterocycles. The summed E-state index contributed by atoms with van der Waals surface area (Å²) in [6, 6.07) is 6.14. The Morgan fingerprint density at radius 3 is 3.00 bits per heavy atom. The molecule has 88 valence electrons. The molecule has 0 radical (unpaired) electrons. The predicted molar refractivity (Wildman–Crippen MR) is 67.8 cm³/mol. The summed E-state index contributed by atoms with van der Waals surface area (Å²) < 4.78 is 5.21. The van der Waals surface area contributed by atoms with Crippen LogP contribution >= 0.6 is 0 Å². The molecule has 2 rings (SSSR count). The van der Waals surface area contributed by atoms with Crippen LogP contribution in [-0.2, 0) is 4.74 Å². The zero-order chi connectivity index (χ0) is 11.5. The van der Waals surface area contributed by atoms with Crippen molar-refractivity contribution in [1.82, 2.24) is 0 Å². The van der Waals surface area contributed by atoms with Crippen LogP contribution in [0.2, 0.25) is 0 Å². The van der Waals surface area contributed by atoms with Crippen molar-refractivity contribution in [3.8, 4) is 0 Å². The topological polar surface area (TPSA) is 38.5 Å². The van der Waals surface area contributed by atoms with Gasteiger partial charge in [0.2, 0.25) is 0 Å². The van der Waals surface area contributed by atoms with Crippen LogP contribution < -0.4 is 10.6 Å². The van der Waals surface area contributed by atoms with Gasteiger partial charge in [0.05, 0.1) is 6.61 Å². The van der Waals surface area contributed by atoms with Crippen molar-refractivity contribution in [2.75, 3.05) is 37.4 Å². The summed E-state index contributed by atoms with van der Waals surface area (Å²) in [6.45, 7) is 5.21. The molecule has 1 saturated heterocycles. The monoisotopic (exact) mass is 220 g/mol. The first-order valence-corrected chi connectivity index (χ1v) is 5.80. The number of anilines is 2. The number of hydrogen-bond donors (Lipinski definition) is 1. The number of nitrogen functional groups attached to an aromatic ring is 1. The van der Waals surface area contributed by atoms with Crippen LogP contribution in [-0.4, -0.2) is 26.8 Å². The number of methoxy groups -OCH3 is 1. The maximum atomic E-state index is 5.76. The van der Waals surface area contributed by atoms with E-state index in [1.54, 1.807) is 7.11 Å². The van der Waals surface area contributed by atoms with Gasteiger partial charge in [0.1, 0.15) is 0 Å². The lowest BCUT2D eigenvalue weighted by Crippen LogP contribution is -2.21. The molecule has 0 saturated carbocycles. The van der Waals surface area contributed by atoms with Gasteiger partial charge in [-0.3, -0.25) is 0 Å². The summed E-state index contributed by atoms with van der Waals surface area (Å²) in [6.07, 6.45) is 1.22. The minimum atomic E-state index is 0.668. The van der Waals surface area contributed by atoms with Gasteiger partial charge < -0.3 is 15.4 Å². The van der Waals surface area contributed by atoms with E-state index in [1.807, 2.05) is 12.1 Å². The molecule has 1 unspecified atom stereocenters. The van der Waals surface area contributed by atoms with Crippen molar-refractivity contribution in [1.29, 1.82) is 0 Å². The molecule has 1 atom stereocenters. The number of hydrogen-bond acceptors (Lipinski definition) is 3. The fourth-order valence-corrected chi connectivity index (χ4v) is 2.46. The summed E-state index contributed by atoms with van der Waals surface area (Å²) in [7, 11) is 1.77. The molecule has 1 aliphatic rings. The van der Waals surface area contributed by atoms with Crippen LogP contribution in [0.3, 0.4) is 0 Å². The Morgan fingerprint density at radius 1 is 1.50 bits per heavy atom. The highest BCUT2D eigenvalue weighted by Crippen LogP contribution is 2.28. The van der Waals surface area contributed by atoms with Crippen molar-refractivity contribution in [2.24, 2.45) is 5.92 Å². The third kappa shape index (κ3) is 2.30. The third-order valence-corrected chi connectivity index (χ3v) is 3.25. The molecule has 0 amide bonds. The average Bonchev–Trinajstić information content (AvgIpc) is 2.67. The highest BCUT2D eigenvalue weighted by molar-refractivity contribution is 5.59. The predicted octanol–water partition coefficient (Wildman–Crippen LogP) is 2.05. The average molecular weight is 220 g/mol. The lowest BCUT2D eigenvalue weighted by atomic mass is 10.1. The molecular weight excluding hydrogens is 200 g/mol. The quantitative estimate of drug-likeness (QED) is 0.792. The van der Waals surface area contributed by atoms with Gasteiger partial charge in [0.15, 0.2) is 0 Å². The number of nitrogens with two attached hydrogens (primary N) is 1. The molecule has 1 fully saturated rings. The number of rotatable bonds is 3. The number of aryl methyl sites for hydroxylation is 1. The maximum Gasteiger partial charge on any atom is 0.0508 e. The molecule has 16 heavy (non-hydrogen) atoms. The molecule has 1 heterocycles. The van der Waals surface area contributed by atoms with Crippen molar-refractivity contribution < 1.29 is 4.74 Å². The van der Waals surface area contributed by atoms with Crippen LogP contribution in [0.1, 0.15) is 12.0 Å². The zero-order valence-corrected chi connectivity index (χ0v) is 10.1. The van der Waals surface area contributed by atoms with Gasteiger partial charge in [-0.05, 0) is 37.1 Å². The van der Waals surface area contributed by atoms with Crippen molar-refractivity contribution >= 4 is 11.4 Å². The highest BCUT2D eigenvalue weighted by atomic mass is 16.5. The van der Waals surface area contributed by atoms with Crippen LogP contribution in [0.15, 0.2) is 18.2 Å². The largest absolute Gasteiger partial charge is 0.399 e. The first-order valence-electron chi connectivity index (χ1n) is 5.80. The zero-order valence-electron chi connectivity index (χ0n) is 10.1. The van der Waals surface area contributed by atoms with E-state index in [-0.39, 0.29) is 0 Å². The highest BCUT2D eigenvalue weighted by Gasteiger charge is 2.23. The summed E-state index contributed by atoms with van der Waals surface area (Å²) >= 11 is 0. The first-order chi connectivity index (χ1) is 7.70. The van der Waals surface area contributed by atoms with E-state index in [0.29, 0.717) is 5.92 Å². The van der Waals surface area contributed by atoms with E-state index in [2.05, 4.69) is 17.9 Å². The van der Waals surface area contributed by atoms with Gasteiger partial charge in [-0.1, -0.05) is 0 Å². The molecule has 1 aromatic carbocycles. The van der Waals surface area contributed by atoms with E-state index >= 15 is 0 Å². The van der Waals surface area contributed by atoms with E-state index in [1.165, 1.54) is 17.7 Å². The fraction of sp³-hybridized carbons (Fsp3) is 0.538. The molecule has 0 aromatic heterocycles. The van der Waals surface area contributed by atoms with E-state index in [0.717, 1.165) is 25.4 Å². The maximum absolute atomic E-state index is 5.76. The Kier molecular flexibility index (Phi) is 3.34. The summed E-state index contributed by atoms with van der Waals surface area (Å²) in [5.41, 5.74) is 9.18. The van der Waals surface area contributed by atoms with Gasteiger partial charge in [-0.2, -0.15) is 0 Å². The number of benzene rings is 1. The molecular formula is C13H20N2O. The molecule has 1 aromatic rings. The van der Waals surface area contributed by atoms with Crippen LogP contribution in [0.5, 0.6) is 0 Å². The van der Waals surface area contributed by atoms with Gasteiger partial charge >= 0.3 is 0 Å². The molecule has 2 N–H and O–H groups in total. The third-order valence-electron chi connectivity index (χ3n) is 3.25. The summed E-state index contributed by atoms with van der Waals surface area (Å²) in [5.74, 6) is 0.668. The minimum Gasteiger partial charge on any atom is -0.399 e.